The van der Waals surface area contributed by atoms with Gasteiger partial charge in [0.1, 0.15) is 23.3 Å². The summed E-state index contributed by atoms with van der Waals surface area (Å²) >= 11 is 0. The second kappa shape index (κ2) is 19.1. The molecule has 4 aromatic carbocycles. The van der Waals surface area contributed by atoms with Gasteiger partial charge < -0.3 is 23.8 Å². The Balaban J connectivity index is 0.000000174. The SMILES string of the molecule is Cc1nc2cc(F)ccc2n1Cc1ccc(C(=O)N(C)C2CCN(C3CCCC3)CC2)cc1.Cc1nc2cc(F)ccc2n1Cc1ccc(C(=O)N(C)[C@@H]2CCN(C(C)C)C2)cc1. The summed E-state index contributed by atoms with van der Waals surface area (Å²) in [5, 5.41) is 0. The van der Waals surface area contributed by atoms with Crippen LogP contribution in [0.2, 0.25) is 0 Å². The van der Waals surface area contributed by atoms with Crippen LogP contribution in [0.25, 0.3) is 22.1 Å². The minimum absolute atomic E-state index is 0.0666. The lowest BCUT2D eigenvalue weighted by Crippen LogP contribution is -2.48. The van der Waals surface area contributed by atoms with Gasteiger partial charge in [0.15, 0.2) is 0 Å². The molecule has 9 rings (SSSR count). The normalized spacial score (nSPS) is 17.8. The first-order valence-electron chi connectivity index (χ1n) is 22.8. The van der Waals surface area contributed by atoms with Crippen LogP contribution in [-0.4, -0.2) is 115 Å². The van der Waals surface area contributed by atoms with Gasteiger partial charge in [-0.1, -0.05) is 37.1 Å². The molecule has 3 aliphatic rings. The fourth-order valence-corrected chi connectivity index (χ4v) is 9.92. The molecule has 0 radical (unpaired) electrons. The third-order valence-electron chi connectivity index (χ3n) is 13.9. The van der Waals surface area contributed by atoms with Crippen LogP contribution in [0.3, 0.4) is 0 Å². The molecule has 332 valence electrons. The standard InChI is InChI=1S/C27H33FN4O.C24H29FN4O/c1-19-29-25-17-22(28)11-12-26(25)32(19)18-20-7-9-21(10-8-20)27(33)30(2)23-13-15-31(16-14-23)24-5-3-4-6-24;1-16(2)28-12-11-21(15-28)27(4)24(30)19-7-5-18(6-8-19)14-29-17(3)26-22-13-20(25)9-10-23(22)29/h7-12,17,23-24H,3-6,13-16,18H2,1-2H3;5-10,13,16,21H,11-12,14-15H2,1-4H3/t;21-/m.1/s1. The van der Waals surface area contributed by atoms with E-state index in [1.807, 2.05) is 86.3 Å². The molecule has 0 bridgehead atoms. The van der Waals surface area contributed by atoms with Crippen LogP contribution in [0.1, 0.15) is 102 Å². The summed E-state index contributed by atoms with van der Waals surface area (Å²) in [7, 11) is 3.86. The number of halogens is 2. The number of aryl methyl sites for hydroxylation is 2. The van der Waals surface area contributed by atoms with Crippen molar-refractivity contribution in [3.63, 3.8) is 0 Å². The molecule has 2 amide bonds. The number of benzene rings is 4. The van der Waals surface area contributed by atoms with Crippen LogP contribution >= 0.6 is 0 Å². The number of carbonyl (C=O) groups excluding carboxylic acids is 2. The van der Waals surface area contributed by atoms with Crippen LogP contribution in [-0.2, 0) is 13.1 Å². The number of nitrogens with zero attached hydrogens (tertiary/aromatic N) is 8. The average Bonchev–Trinajstić information content (AvgIpc) is 4.11. The molecule has 1 aliphatic carbocycles. The number of aromatic nitrogens is 4. The predicted molar refractivity (Wildman–Crippen MR) is 246 cm³/mol. The fourth-order valence-electron chi connectivity index (χ4n) is 9.92. The Hall–Kier alpha value is -5.46. The number of hydrogen-bond donors (Lipinski definition) is 0. The zero-order chi connectivity index (χ0) is 44.4. The van der Waals surface area contributed by atoms with Gasteiger partial charge in [-0.25, -0.2) is 18.7 Å². The van der Waals surface area contributed by atoms with Crippen molar-refractivity contribution in [2.24, 2.45) is 0 Å². The van der Waals surface area contributed by atoms with E-state index >= 15 is 0 Å². The molecule has 63 heavy (non-hydrogen) atoms. The topological polar surface area (TPSA) is 82.7 Å². The van der Waals surface area contributed by atoms with Crippen molar-refractivity contribution < 1.29 is 18.4 Å². The summed E-state index contributed by atoms with van der Waals surface area (Å²) in [5.41, 5.74) is 6.75. The number of hydrogen-bond acceptors (Lipinski definition) is 6. The van der Waals surface area contributed by atoms with Crippen LogP contribution in [0.4, 0.5) is 8.78 Å². The van der Waals surface area contributed by atoms with E-state index in [9.17, 15) is 18.4 Å². The highest BCUT2D eigenvalue weighted by molar-refractivity contribution is 5.95. The smallest absolute Gasteiger partial charge is 0.253 e. The number of piperidine rings is 1. The molecule has 1 atom stereocenters. The van der Waals surface area contributed by atoms with E-state index in [0.29, 0.717) is 41.8 Å². The van der Waals surface area contributed by atoms with Gasteiger partial charge in [0.25, 0.3) is 11.8 Å². The molecule has 2 aromatic heterocycles. The lowest BCUT2D eigenvalue weighted by Gasteiger charge is -2.39. The van der Waals surface area contributed by atoms with E-state index in [2.05, 4.69) is 42.7 Å². The van der Waals surface area contributed by atoms with Crippen molar-refractivity contribution in [2.45, 2.75) is 110 Å². The minimum Gasteiger partial charge on any atom is -0.339 e. The van der Waals surface area contributed by atoms with Gasteiger partial charge >= 0.3 is 0 Å². The Kier molecular flexibility index (Phi) is 13.4. The second-order valence-corrected chi connectivity index (χ2v) is 18.2. The largest absolute Gasteiger partial charge is 0.339 e. The summed E-state index contributed by atoms with van der Waals surface area (Å²) in [6.45, 7) is 13.7. The Morgan fingerprint density at radius 3 is 1.52 bits per heavy atom. The second-order valence-electron chi connectivity index (χ2n) is 18.2. The van der Waals surface area contributed by atoms with Crippen LogP contribution < -0.4 is 0 Å². The molecule has 2 aliphatic heterocycles. The molecule has 1 saturated carbocycles. The maximum absolute atomic E-state index is 13.5. The maximum atomic E-state index is 13.5. The summed E-state index contributed by atoms with van der Waals surface area (Å²) in [6, 6.07) is 26.9. The third kappa shape index (κ3) is 9.87. The Labute approximate surface area is 370 Å². The zero-order valence-corrected chi connectivity index (χ0v) is 37.7. The van der Waals surface area contributed by atoms with Crippen molar-refractivity contribution >= 4 is 33.9 Å². The quantitative estimate of drug-likeness (QED) is 0.137. The van der Waals surface area contributed by atoms with Gasteiger partial charge in [-0.15, -0.1) is 0 Å². The number of carbonyl (C=O) groups is 2. The maximum Gasteiger partial charge on any atom is 0.253 e. The lowest BCUT2D eigenvalue weighted by molar-refractivity contribution is 0.0598. The van der Waals surface area contributed by atoms with E-state index in [4.69, 9.17) is 0 Å². The highest BCUT2D eigenvalue weighted by Crippen LogP contribution is 2.28. The Morgan fingerprint density at radius 2 is 1.08 bits per heavy atom. The summed E-state index contributed by atoms with van der Waals surface area (Å²) in [4.78, 5) is 43.9. The van der Waals surface area contributed by atoms with Gasteiger partial charge in [-0.3, -0.25) is 14.5 Å². The molecule has 2 saturated heterocycles. The minimum atomic E-state index is -0.280. The van der Waals surface area contributed by atoms with Gasteiger partial charge in [-0.2, -0.15) is 0 Å². The van der Waals surface area contributed by atoms with Crippen LogP contribution in [0.15, 0.2) is 84.9 Å². The highest BCUT2D eigenvalue weighted by Gasteiger charge is 2.31. The number of fused-ring (bicyclic) bond motifs is 2. The first-order chi connectivity index (χ1) is 30.3. The van der Waals surface area contributed by atoms with E-state index in [1.54, 1.807) is 12.1 Å². The van der Waals surface area contributed by atoms with Gasteiger partial charge in [-0.05, 0) is 119 Å². The average molecular weight is 857 g/mol. The third-order valence-corrected chi connectivity index (χ3v) is 13.9. The zero-order valence-electron chi connectivity index (χ0n) is 37.7. The molecule has 0 unspecified atom stereocenters. The van der Waals surface area contributed by atoms with E-state index in [-0.39, 0.29) is 29.5 Å². The van der Waals surface area contributed by atoms with Crippen molar-refractivity contribution in [2.75, 3.05) is 40.3 Å². The summed E-state index contributed by atoms with van der Waals surface area (Å²) in [5.74, 6) is 1.30. The number of rotatable bonds is 10. The highest BCUT2D eigenvalue weighted by atomic mass is 19.1. The molecule has 4 heterocycles. The molecular weight excluding hydrogens is 795 g/mol. The molecule has 10 nitrogen and oxygen atoms in total. The Morgan fingerprint density at radius 1 is 0.635 bits per heavy atom. The molecular formula is C51H62F2N8O2. The first kappa shape index (κ1) is 44.2. The number of amides is 2. The van der Waals surface area contributed by atoms with Crippen LogP contribution in [0.5, 0.6) is 0 Å². The molecule has 3 fully saturated rings. The van der Waals surface area contributed by atoms with Crippen molar-refractivity contribution in [3.8, 4) is 0 Å². The van der Waals surface area contributed by atoms with E-state index < -0.39 is 0 Å². The van der Waals surface area contributed by atoms with Gasteiger partial charge in [0, 0.05) is 101 Å². The molecule has 6 aromatic rings. The molecule has 0 N–H and O–H groups in total. The molecule has 0 spiro atoms. The van der Waals surface area contributed by atoms with E-state index in [0.717, 1.165) is 90.9 Å². The summed E-state index contributed by atoms with van der Waals surface area (Å²) < 4.78 is 31.1. The van der Waals surface area contributed by atoms with Crippen LogP contribution in [0, 0.1) is 25.5 Å². The molecule has 12 heteroatoms. The summed E-state index contributed by atoms with van der Waals surface area (Å²) in [6.07, 6.45) is 8.57. The van der Waals surface area contributed by atoms with Crippen molar-refractivity contribution in [3.05, 3.63) is 130 Å². The first-order valence-corrected chi connectivity index (χ1v) is 22.8. The number of imidazole rings is 2. The lowest BCUT2D eigenvalue weighted by atomic mass is 10.00. The van der Waals surface area contributed by atoms with Gasteiger partial charge in [0.2, 0.25) is 0 Å². The number of likely N-dealkylation sites (N-methyl/N-ethyl adjacent to an activating group) is 1. The van der Waals surface area contributed by atoms with Crippen molar-refractivity contribution in [1.29, 1.82) is 0 Å². The number of likely N-dealkylation sites (tertiary alicyclic amines) is 2. The Bertz CT molecular complexity index is 2530. The fraction of sp³-hybridized carbons (Fsp3) is 0.451. The monoisotopic (exact) mass is 856 g/mol. The van der Waals surface area contributed by atoms with Crippen molar-refractivity contribution in [1.82, 2.24) is 38.7 Å². The van der Waals surface area contributed by atoms with E-state index in [1.165, 1.54) is 49.9 Å². The predicted octanol–water partition coefficient (Wildman–Crippen LogP) is 9.10. The van der Waals surface area contributed by atoms with Gasteiger partial charge in [0.05, 0.1) is 22.1 Å².